The van der Waals surface area contributed by atoms with Gasteiger partial charge in [0, 0.05) is 33.4 Å². The van der Waals surface area contributed by atoms with Gasteiger partial charge in [-0.1, -0.05) is 36.4 Å². The molecule has 3 nitrogen and oxygen atoms in total. The molecule has 0 bridgehead atoms. The summed E-state index contributed by atoms with van der Waals surface area (Å²) in [7, 11) is 0. The van der Waals surface area contributed by atoms with Gasteiger partial charge in [0.2, 0.25) is 0 Å². The third-order valence-corrected chi connectivity index (χ3v) is 5.17. The molecular formula is C19H11N3S. The first-order valence-electron chi connectivity index (χ1n) is 7.37. The van der Waals surface area contributed by atoms with E-state index in [0.717, 1.165) is 26.9 Å². The Bertz CT molecular complexity index is 1170. The number of hydrogen-bond acceptors (Lipinski definition) is 4. The fourth-order valence-electron chi connectivity index (χ4n) is 3.09. The fourth-order valence-corrected chi connectivity index (χ4v) is 4.15. The Hall–Kier alpha value is -2.85. The molecule has 0 atom stereocenters. The summed E-state index contributed by atoms with van der Waals surface area (Å²) >= 11 is 1.72. The molecule has 3 aromatic heterocycles. The highest BCUT2D eigenvalue weighted by atomic mass is 32.1. The van der Waals surface area contributed by atoms with E-state index in [0.29, 0.717) is 0 Å². The van der Waals surface area contributed by atoms with E-state index in [4.69, 9.17) is 0 Å². The Morgan fingerprint density at radius 3 is 2.78 bits per heavy atom. The molecule has 0 radical (unpaired) electrons. The van der Waals surface area contributed by atoms with Crippen molar-refractivity contribution < 1.29 is 0 Å². The van der Waals surface area contributed by atoms with Crippen molar-refractivity contribution in [2.24, 2.45) is 0 Å². The van der Waals surface area contributed by atoms with Crippen LogP contribution in [0.3, 0.4) is 0 Å². The Kier molecular flexibility index (Phi) is 2.66. The quantitative estimate of drug-likeness (QED) is 0.434. The first kappa shape index (κ1) is 12.7. The van der Waals surface area contributed by atoms with E-state index >= 15 is 0 Å². The van der Waals surface area contributed by atoms with Crippen LogP contribution in [0.2, 0.25) is 0 Å². The molecule has 0 unspecified atom stereocenters. The number of thiophene rings is 1. The molecule has 5 aromatic rings. The third-order valence-electron chi connectivity index (χ3n) is 4.09. The lowest BCUT2D eigenvalue weighted by Gasteiger charge is -2.07. The number of benzene rings is 2. The topological polar surface area (TPSA) is 38.7 Å². The summed E-state index contributed by atoms with van der Waals surface area (Å²) < 4.78 is 2.32. The van der Waals surface area contributed by atoms with E-state index in [1.165, 1.54) is 15.5 Å². The van der Waals surface area contributed by atoms with Gasteiger partial charge in [-0.2, -0.15) is 0 Å². The first-order valence-corrected chi connectivity index (χ1v) is 8.19. The van der Waals surface area contributed by atoms with Crippen molar-refractivity contribution in [2.75, 3.05) is 0 Å². The van der Waals surface area contributed by atoms with Gasteiger partial charge in [0.1, 0.15) is 6.33 Å². The Labute approximate surface area is 136 Å². The molecule has 0 aliphatic rings. The smallest absolute Gasteiger partial charge is 0.116 e. The van der Waals surface area contributed by atoms with Gasteiger partial charge in [-0.15, -0.1) is 11.3 Å². The monoisotopic (exact) mass is 313 g/mol. The summed E-state index contributed by atoms with van der Waals surface area (Å²) in [4.78, 5) is 13.3. The van der Waals surface area contributed by atoms with Crippen LogP contribution < -0.4 is 0 Å². The predicted molar refractivity (Wildman–Crippen MR) is 95.7 cm³/mol. The summed E-state index contributed by atoms with van der Waals surface area (Å²) in [5, 5.41) is 3.53. The summed E-state index contributed by atoms with van der Waals surface area (Å²) in [6.45, 7) is 0. The Balaban J connectivity index is 1.96. The lowest BCUT2D eigenvalue weighted by Crippen LogP contribution is -1.87. The van der Waals surface area contributed by atoms with Crippen molar-refractivity contribution in [1.82, 2.24) is 15.0 Å². The van der Waals surface area contributed by atoms with Gasteiger partial charge < -0.3 is 0 Å². The summed E-state index contributed by atoms with van der Waals surface area (Å²) in [5.41, 5.74) is 3.14. The van der Waals surface area contributed by atoms with Gasteiger partial charge in [-0.25, -0.2) is 9.97 Å². The molecule has 0 spiro atoms. The second-order valence-electron chi connectivity index (χ2n) is 5.40. The van der Waals surface area contributed by atoms with Crippen LogP contribution >= 0.6 is 11.3 Å². The normalized spacial score (nSPS) is 11.5. The number of hydrogen-bond donors (Lipinski definition) is 0. The molecule has 0 amide bonds. The number of rotatable bonds is 1. The van der Waals surface area contributed by atoms with Gasteiger partial charge >= 0.3 is 0 Å². The molecule has 3 heterocycles. The van der Waals surface area contributed by atoms with Crippen molar-refractivity contribution in [2.45, 2.75) is 0 Å². The lowest BCUT2D eigenvalue weighted by molar-refractivity contribution is 1.23. The van der Waals surface area contributed by atoms with Crippen LogP contribution in [0.25, 0.3) is 42.3 Å². The van der Waals surface area contributed by atoms with Gasteiger partial charge in [0.15, 0.2) is 0 Å². The van der Waals surface area contributed by atoms with Crippen LogP contribution in [0.4, 0.5) is 0 Å². The van der Waals surface area contributed by atoms with Crippen LogP contribution in [-0.2, 0) is 0 Å². The molecule has 0 saturated heterocycles. The highest BCUT2D eigenvalue weighted by Gasteiger charge is 2.14. The van der Waals surface area contributed by atoms with E-state index in [1.807, 2.05) is 18.5 Å². The van der Waals surface area contributed by atoms with Crippen molar-refractivity contribution in [3.05, 3.63) is 67.3 Å². The maximum atomic E-state index is 4.67. The molecule has 23 heavy (non-hydrogen) atoms. The molecule has 4 heteroatoms. The van der Waals surface area contributed by atoms with Crippen molar-refractivity contribution in [3.63, 3.8) is 0 Å². The zero-order chi connectivity index (χ0) is 15.2. The Morgan fingerprint density at radius 2 is 1.78 bits per heavy atom. The van der Waals surface area contributed by atoms with Crippen LogP contribution in [0.5, 0.6) is 0 Å². The highest BCUT2D eigenvalue weighted by molar-refractivity contribution is 7.25. The molecule has 5 rings (SSSR count). The molecule has 108 valence electrons. The zero-order valence-electron chi connectivity index (χ0n) is 12.1. The lowest BCUT2D eigenvalue weighted by atomic mass is 10.0. The number of pyridine rings is 1. The minimum Gasteiger partial charge on any atom is -0.256 e. The number of fused-ring (bicyclic) bond motifs is 4. The average Bonchev–Trinajstić information content (AvgIpc) is 3.00. The molecule has 0 fully saturated rings. The SMILES string of the molecule is c1ccc2c(-c3cccc4sc5cncnc5c34)nccc2c1. The van der Waals surface area contributed by atoms with Crippen LogP contribution in [0, 0.1) is 0 Å². The molecule has 2 aromatic carbocycles. The van der Waals surface area contributed by atoms with Crippen LogP contribution in [0.15, 0.2) is 67.3 Å². The van der Waals surface area contributed by atoms with Gasteiger partial charge in [-0.05, 0) is 17.5 Å². The standard InChI is InChI=1S/C19H11N3S/c1-2-5-13-12(4-1)8-9-21-18(13)14-6-3-7-15-17(14)19-16(23-15)10-20-11-22-19/h1-11H. The second-order valence-corrected chi connectivity index (χ2v) is 6.48. The van der Waals surface area contributed by atoms with E-state index in [-0.39, 0.29) is 0 Å². The summed E-state index contributed by atoms with van der Waals surface area (Å²) in [6.07, 6.45) is 5.37. The average molecular weight is 313 g/mol. The van der Waals surface area contributed by atoms with E-state index < -0.39 is 0 Å². The van der Waals surface area contributed by atoms with Crippen molar-refractivity contribution in [3.8, 4) is 11.3 Å². The van der Waals surface area contributed by atoms with Crippen molar-refractivity contribution >= 4 is 42.4 Å². The first-order chi connectivity index (χ1) is 11.4. The van der Waals surface area contributed by atoms with Gasteiger partial charge in [0.25, 0.3) is 0 Å². The van der Waals surface area contributed by atoms with Gasteiger partial charge in [-0.3, -0.25) is 4.98 Å². The van der Waals surface area contributed by atoms with Crippen LogP contribution in [0.1, 0.15) is 0 Å². The van der Waals surface area contributed by atoms with E-state index in [9.17, 15) is 0 Å². The summed E-state index contributed by atoms with van der Waals surface area (Å²) in [6, 6.07) is 16.8. The number of aromatic nitrogens is 3. The molecule has 0 N–H and O–H groups in total. The van der Waals surface area contributed by atoms with E-state index in [1.54, 1.807) is 17.7 Å². The maximum absolute atomic E-state index is 4.67. The molecule has 0 saturated carbocycles. The highest BCUT2D eigenvalue weighted by Crippen LogP contribution is 2.39. The molecule has 0 aliphatic heterocycles. The minimum atomic E-state index is 1.00. The van der Waals surface area contributed by atoms with Crippen LogP contribution in [-0.4, -0.2) is 15.0 Å². The fraction of sp³-hybridized carbons (Fsp3) is 0. The predicted octanol–water partition coefficient (Wildman–Crippen LogP) is 5.06. The third kappa shape index (κ3) is 1.85. The number of nitrogens with zero attached hydrogens (tertiary/aromatic N) is 3. The maximum Gasteiger partial charge on any atom is 0.116 e. The van der Waals surface area contributed by atoms with Crippen molar-refractivity contribution in [1.29, 1.82) is 0 Å². The Morgan fingerprint density at radius 1 is 0.826 bits per heavy atom. The minimum absolute atomic E-state index is 1.00. The largest absolute Gasteiger partial charge is 0.256 e. The zero-order valence-corrected chi connectivity index (χ0v) is 12.9. The van der Waals surface area contributed by atoms with Gasteiger partial charge in [0.05, 0.1) is 15.9 Å². The molecular weight excluding hydrogens is 302 g/mol. The van der Waals surface area contributed by atoms with E-state index in [2.05, 4.69) is 57.4 Å². The second kappa shape index (κ2) is 4.83. The molecule has 0 aliphatic carbocycles. The summed E-state index contributed by atoms with van der Waals surface area (Å²) in [5.74, 6) is 0.